The highest BCUT2D eigenvalue weighted by Gasteiger charge is 2.51. The number of phenols is 1. The number of hydrazine groups is 1. The number of urea groups is 1. The lowest BCUT2D eigenvalue weighted by Gasteiger charge is -2.55. The lowest BCUT2D eigenvalue weighted by Crippen LogP contribution is -2.76. The number of piperazine rings is 1. The van der Waals surface area contributed by atoms with Gasteiger partial charge in [0.15, 0.2) is 0 Å². The molecule has 0 radical (unpaired) electrons. The van der Waals surface area contributed by atoms with Gasteiger partial charge in [-0.1, -0.05) is 62.0 Å². The predicted molar refractivity (Wildman–Crippen MR) is 157 cm³/mol. The molecule has 9 nitrogen and oxygen atoms in total. The molecular weight excluding hydrogens is 556 g/mol. The van der Waals surface area contributed by atoms with Crippen molar-refractivity contribution < 1.29 is 28.3 Å². The van der Waals surface area contributed by atoms with Gasteiger partial charge < -0.3 is 20.2 Å². The van der Waals surface area contributed by atoms with Crippen molar-refractivity contribution in [2.45, 2.75) is 39.1 Å². The van der Waals surface area contributed by atoms with Crippen molar-refractivity contribution in [3.8, 4) is 5.75 Å². The summed E-state index contributed by atoms with van der Waals surface area (Å²) in [6, 6.07) is 17.3. The first-order valence-electron chi connectivity index (χ1n) is 13.5. The SMILES string of the molecule is C.C=CCN1CC(=O)N2[C@@H](Cc3ccc(O)cc3)C(=O)N(Cc3ccc(F)cc3F)C[C@@H]2N1C(=O)NCc1ccccc1. The van der Waals surface area contributed by atoms with Gasteiger partial charge in [0, 0.05) is 37.7 Å². The monoisotopic (exact) mass is 591 g/mol. The predicted octanol–water partition coefficient (Wildman–Crippen LogP) is 4.04. The molecule has 2 N–H and O–H groups in total. The van der Waals surface area contributed by atoms with E-state index in [0.717, 1.165) is 17.7 Å². The van der Waals surface area contributed by atoms with Gasteiger partial charge in [-0.25, -0.2) is 23.6 Å². The third kappa shape index (κ3) is 6.83. The number of nitrogens with zero attached hydrogens (tertiary/aromatic N) is 4. The molecule has 0 aliphatic carbocycles. The van der Waals surface area contributed by atoms with Crippen LogP contribution in [0.3, 0.4) is 0 Å². The Hall–Kier alpha value is -4.77. The van der Waals surface area contributed by atoms with E-state index in [2.05, 4.69) is 11.9 Å². The van der Waals surface area contributed by atoms with Crippen molar-refractivity contribution in [2.24, 2.45) is 0 Å². The topological polar surface area (TPSA) is 96.4 Å². The van der Waals surface area contributed by atoms with Gasteiger partial charge in [0.25, 0.3) is 0 Å². The third-order valence-corrected chi connectivity index (χ3v) is 7.41. The summed E-state index contributed by atoms with van der Waals surface area (Å²) < 4.78 is 28.3. The number of amides is 4. The highest BCUT2D eigenvalue weighted by atomic mass is 19.1. The van der Waals surface area contributed by atoms with Crippen LogP contribution >= 0.6 is 0 Å². The minimum Gasteiger partial charge on any atom is -0.508 e. The van der Waals surface area contributed by atoms with E-state index in [9.17, 15) is 28.3 Å². The Kier molecular flexibility index (Phi) is 9.77. The van der Waals surface area contributed by atoms with Gasteiger partial charge in [-0.05, 0) is 29.3 Å². The van der Waals surface area contributed by atoms with Gasteiger partial charge in [-0.15, -0.1) is 6.58 Å². The molecule has 0 aromatic heterocycles. The van der Waals surface area contributed by atoms with Gasteiger partial charge in [0.1, 0.15) is 29.6 Å². The first-order chi connectivity index (χ1) is 20.2. The smallest absolute Gasteiger partial charge is 0.334 e. The average molecular weight is 592 g/mol. The van der Waals surface area contributed by atoms with Crippen molar-refractivity contribution in [1.29, 1.82) is 0 Å². The lowest BCUT2D eigenvalue weighted by molar-refractivity contribution is -0.189. The van der Waals surface area contributed by atoms with E-state index in [4.69, 9.17) is 0 Å². The van der Waals surface area contributed by atoms with Crippen LogP contribution in [0.5, 0.6) is 5.75 Å². The van der Waals surface area contributed by atoms with Gasteiger partial charge in [0.2, 0.25) is 11.8 Å². The standard InChI is InChI=1S/C31H31F2N5O4.CH4/c1-2-14-36-20-29(40)37-27(15-21-8-12-25(39)13-9-21)30(41)35(18-23-10-11-24(32)16-26(23)33)19-28(37)38(36)31(42)34-17-22-6-4-3-5-7-22;/h2-13,16,27-28,39H,1,14-15,17-20H2,(H,34,42);1H4/t27-,28-;/m0./s1. The van der Waals surface area contributed by atoms with Crippen molar-refractivity contribution in [3.63, 3.8) is 0 Å². The summed E-state index contributed by atoms with van der Waals surface area (Å²) in [5, 5.41) is 15.6. The molecule has 2 atom stereocenters. The molecule has 226 valence electrons. The summed E-state index contributed by atoms with van der Waals surface area (Å²) in [5.74, 6) is -2.27. The Morgan fingerprint density at radius 3 is 2.42 bits per heavy atom. The molecule has 0 bridgehead atoms. The molecule has 2 aliphatic rings. The second kappa shape index (κ2) is 13.5. The molecule has 2 saturated heterocycles. The number of carbonyl (C=O) groups is 3. The lowest BCUT2D eigenvalue weighted by atomic mass is 9.98. The zero-order chi connectivity index (χ0) is 29.8. The van der Waals surface area contributed by atoms with Crippen molar-refractivity contribution in [1.82, 2.24) is 25.1 Å². The molecule has 0 unspecified atom stereocenters. The fraction of sp³-hybridized carbons (Fsp3) is 0.281. The van der Waals surface area contributed by atoms with Crippen LogP contribution in [0.15, 0.2) is 85.5 Å². The second-order valence-electron chi connectivity index (χ2n) is 10.2. The molecule has 2 aliphatic heterocycles. The molecule has 2 fully saturated rings. The Morgan fingerprint density at radius 1 is 1.02 bits per heavy atom. The summed E-state index contributed by atoms with van der Waals surface area (Å²) in [6.45, 7) is 3.75. The summed E-state index contributed by atoms with van der Waals surface area (Å²) in [6.07, 6.45) is 0.767. The minimum atomic E-state index is -1.01. The second-order valence-corrected chi connectivity index (χ2v) is 10.2. The quantitative estimate of drug-likeness (QED) is 0.386. The number of rotatable bonds is 8. The van der Waals surface area contributed by atoms with Crippen LogP contribution in [0.2, 0.25) is 0 Å². The van der Waals surface area contributed by atoms with Crippen molar-refractivity contribution >= 4 is 17.8 Å². The van der Waals surface area contributed by atoms with E-state index in [1.165, 1.54) is 33.0 Å². The first-order valence-corrected chi connectivity index (χ1v) is 13.5. The Morgan fingerprint density at radius 2 is 1.74 bits per heavy atom. The molecule has 0 spiro atoms. The largest absolute Gasteiger partial charge is 0.508 e. The number of carbonyl (C=O) groups excluding carboxylic acids is 3. The third-order valence-electron chi connectivity index (χ3n) is 7.41. The van der Waals surface area contributed by atoms with Gasteiger partial charge in [0.05, 0.1) is 13.1 Å². The van der Waals surface area contributed by atoms with Crippen LogP contribution < -0.4 is 5.32 Å². The molecule has 11 heteroatoms. The van der Waals surface area contributed by atoms with E-state index in [1.54, 1.807) is 23.2 Å². The van der Waals surface area contributed by atoms with E-state index < -0.39 is 35.8 Å². The zero-order valence-corrected chi connectivity index (χ0v) is 22.8. The number of benzene rings is 3. The highest BCUT2D eigenvalue weighted by molar-refractivity contribution is 5.91. The summed E-state index contributed by atoms with van der Waals surface area (Å²) in [5.41, 5.74) is 1.66. The minimum absolute atomic E-state index is 0. The van der Waals surface area contributed by atoms with Crippen LogP contribution in [-0.4, -0.2) is 74.6 Å². The Bertz CT molecular complexity index is 1470. The van der Waals surface area contributed by atoms with Crippen molar-refractivity contribution in [2.75, 3.05) is 19.6 Å². The molecule has 43 heavy (non-hydrogen) atoms. The summed E-state index contributed by atoms with van der Waals surface area (Å²) in [7, 11) is 0. The molecule has 2 heterocycles. The van der Waals surface area contributed by atoms with E-state index in [-0.39, 0.29) is 63.8 Å². The van der Waals surface area contributed by atoms with Crippen LogP contribution in [0.25, 0.3) is 0 Å². The average Bonchev–Trinajstić information content (AvgIpc) is 2.97. The van der Waals surface area contributed by atoms with Gasteiger partial charge in [-0.2, -0.15) is 0 Å². The molecule has 5 rings (SSSR count). The van der Waals surface area contributed by atoms with Crippen LogP contribution in [0.4, 0.5) is 13.6 Å². The molecule has 0 saturated carbocycles. The molecular formula is C32H35F2N5O4. The summed E-state index contributed by atoms with van der Waals surface area (Å²) >= 11 is 0. The zero-order valence-electron chi connectivity index (χ0n) is 22.8. The number of hydrogen-bond donors (Lipinski definition) is 2. The number of aromatic hydroxyl groups is 1. The van der Waals surface area contributed by atoms with E-state index >= 15 is 0 Å². The number of fused-ring (bicyclic) bond motifs is 1. The van der Waals surface area contributed by atoms with Crippen molar-refractivity contribution in [3.05, 3.63) is 114 Å². The van der Waals surface area contributed by atoms with Crippen LogP contribution in [0.1, 0.15) is 24.1 Å². The number of hydrogen-bond acceptors (Lipinski definition) is 5. The van der Waals surface area contributed by atoms with Gasteiger partial charge in [-0.3, -0.25) is 9.59 Å². The summed E-state index contributed by atoms with van der Waals surface area (Å²) in [4.78, 5) is 44.1. The number of nitrogens with one attached hydrogen (secondary N) is 1. The van der Waals surface area contributed by atoms with Gasteiger partial charge >= 0.3 is 6.03 Å². The molecule has 4 amide bonds. The number of halogens is 2. The Labute approximate surface area is 249 Å². The fourth-order valence-corrected chi connectivity index (χ4v) is 5.41. The molecule has 3 aromatic carbocycles. The van der Waals surface area contributed by atoms with E-state index in [1.807, 2.05) is 30.3 Å². The maximum Gasteiger partial charge on any atom is 0.334 e. The normalized spacial score (nSPS) is 18.6. The fourth-order valence-electron chi connectivity index (χ4n) is 5.41. The van der Waals surface area contributed by atoms with E-state index in [0.29, 0.717) is 5.56 Å². The first kappa shape index (κ1) is 31.2. The molecule has 3 aromatic rings. The maximum atomic E-state index is 14.7. The maximum absolute atomic E-state index is 14.7. The highest BCUT2D eigenvalue weighted by Crippen LogP contribution is 2.30. The Balaban J connectivity index is 0.00000423. The van der Waals surface area contributed by atoms with Crippen LogP contribution in [-0.2, 0) is 29.1 Å². The number of phenolic OH excluding ortho intramolecular Hbond substituents is 1. The van der Waals surface area contributed by atoms with Crippen LogP contribution in [0, 0.1) is 11.6 Å².